The van der Waals surface area contributed by atoms with Gasteiger partial charge in [-0.3, -0.25) is 0 Å². The van der Waals surface area contributed by atoms with E-state index in [1.54, 1.807) is 13.3 Å². The van der Waals surface area contributed by atoms with Gasteiger partial charge in [-0.25, -0.2) is 9.97 Å². The van der Waals surface area contributed by atoms with Gasteiger partial charge in [-0.15, -0.1) is 0 Å². The lowest BCUT2D eigenvalue weighted by atomic mass is 10.1. The van der Waals surface area contributed by atoms with Crippen LogP contribution in [-0.4, -0.2) is 68.9 Å². The molecule has 1 N–H and O–H groups in total. The molecule has 0 spiro atoms. The number of aliphatic hydroxyl groups is 1. The largest absolute Gasteiger partial charge is 0.467 e. The minimum atomic E-state index is 0.0466. The maximum absolute atomic E-state index is 9.12. The number of aromatic nitrogens is 5. The number of piperazine rings is 1. The van der Waals surface area contributed by atoms with E-state index in [-0.39, 0.29) is 18.7 Å². The summed E-state index contributed by atoms with van der Waals surface area (Å²) in [5.74, 6) is 2.92. The van der Waals surface area contributed by atoms with E-state index in [0.29, 0.717) is 24.2 Å². The second kappa shape index (κ2) is 8.43. The van der Waals surface area contributed by atoms with Gasteiger partial charge in [0.1, 0.15) is 17.5 Å². The molecule has 1 fully saturated rings. The molecule has 146 valence electrons. The van der Waals surface area contributed by atoms with Crippen molar-refractivity contribution in [2.75, 3.05) is 36.6 Å². The molecule has 3 rings (SSSR count). The van der Waals surface area contributed by atoms with Crippen molar-refractivity contribution in [3.05, 3.63) is 23.9 Å². The molecule has 1 saturated heterocycles. The molecule has 0 bridgehead atoms. The monoisotopic (exact) mass is 373 g/mol. The number of aryl methyl sites for hydroxylation is 1. The fraction of sp³-hybridized carbons (Fsp3) is 0.611. The number of ether oxygens (including phenoxy) is 1. The van der Waals surface area contributed by atoms with Gasteiger partial charge >= 0.3 is 6.01 Å². The van der Waals surface area contributed by atoms with Gasteiger partial charge in [0, 0.05) is 44.2 Å². The van der Waals surface area contributed by atoms with Gasteiger partial charge in [-0.2, -0.15) is 15.0 Å². The molecule has 0 amide bonds. The van der Waals surface area contributed by atoms with E-state index < -0.39 is 0 Å². The van der Waals surface area contributed by atoms with Gasteiger partial charge in [-0.05, 0) is 19.9 Å². The Hall–Kier alpha value is -2.55. The number of hydrogen-bond donors (Lipinski definition) is 1. The van der Waals surface area contributed by atoms with Gasteiger partial charge in [-0.1, -0.05) is 6.92 Å². The van der Waals surface area contributed by atoms with Gasteiger partial charge in [0.05, 0.1) is 13.7 Å². The summed E-state index contributed by atoms with van der Waals surface area (Å²) in [6.45, 7) is 7.94. The summed E-state index contributed by atoms with van der Waals surface area (Å²) in [5.41, 5.74) is 0. The van der Waals surface area contributed by atoms with Crippen molar-refractivity contribution in [1.82, 2.24) is 24.9 Å². The Bertz CT molecular complexity index is 739. The Kier molecular flexibility index (Phi) is 6.00. The van der Waals surface area contributed by atoms with Crippen molar-refractivity contribution in [3.63, 3.8) is 0 Å². The number of aliphatic hydroxyl groups excluding tert-OH is 1. The highest BCUT2D eigenvalue weighted by Gasteiger charge is 2.32. The third-order valence-electron chi connectivity index (χ3n) is 4.65. The van der Waals surface area contributed by atoms with Crippen molar-refractivity contribution in [3.8, 4) is 6.01 Å². The van der Waals surface area contributed by atoms with E-state index in [2.05, 4.69) is 48.6 Å². The van der Waals surface area contributed by atoms with E-state index in [0.717, 1.165) is 31.2 Å². The van der Waals surface area contributed by atoms with Crippen molar-refractivity contribution < 1.29 is 9.84 Å². The lowest BCUT2D eigenvalue weighted by Crippen LogP contribution is -2.58. The van der Waals surface area contributed by atoms with Gasteiger partial charge < -0.3 is 19.6 Å². The van der Waals surface area contributed by atoms with Crippen LogP contribution in [-0.2, 0) is 12.8 Å². The number of rotatable bonds is 6. The van der Waals surface area contributed by atoms with Crippen molar-refractivity contribution in [1.29, 1.82) is 0 Å². The zero-order valence-electron chi connectivity index (χ0n) is 16.3. The molecule has 2 aromatic rings. The lowest BCUT2D eigenvalue weighted by Gasteiger charge is -2.44. The molecule has 2 aromatic heterocycles. The highest BCUT2D eigenvalue weighted by atomic mass is 16.5. The molecule has 0 saturated carbocycles. The smallest absolute Gasteiger partial charge is 0.321 e. The van der Waals surface area contributed by atoms with Crippen LogP contribution < -0.4 is 14.5 Å². The highest BCUT2D eigenvalue weighted by molar-refractivity contribution is 5.44. The fourth-order valence-electron chi connectivity index (χ4n) is 3.44. The predicted octanol–water partition coefficient (Wildman–Crippen LogP) is 0.871. The molecular formula is C18H27N7O2. The third kappa shape index (κ3) is 4.24. The molecular weight excluding hydrogens is 346 g/mol. The highest BCUT2D eigenvalue weighted by Crippen LogP contribution is 2.25. The van der Waals surface area contributed by atoms with Crippen LogP contribution in [0.5, 0.6) is 6.01 Å². The molecule has 3 heterocycles. The van der Waals surface area contributed by atoms with Crippen LogP contribution in [0.3, 0.4) is 0 Å². The van der Waals surface area contributed by atoms with Crippen LogP contribution in [0.1, 0.15) is 32.4 Å². The number of anilines is 2. The second-order valence-electron chi connectivity index (χ2n) is 6.71. The summed E-state index contributed by atoms with van der Waals surface area (Å²) < 4.78 is 5.25. The van der Waals surface area contributed by atoms with E-state index in [1.807, 2.05) is 13.0 Å². The second-order valence-corrected chi connectivity index (χ2v) is 6.71. The quantitative estimate of drug-likeness (QED) is 0.790. The van der Waals surface area contributed by atoms with Gasteiger partial charge in [0.25, 0.3) is 0 Å². The third-order valence-corrected chi connectivity index (χ3v) is 4.65. The molecule has 0 aromatic carbocycles. The van der Waals surface area contributed by atoms with Crippen molar-refractivity contribution in [2.24, 2.45) is 0 Å². The summed E-state index contributed by atoms with van der Waals surface area (Å²) in [4.78, 5) is 26.6. The Morgan fingerprint density at radius 3 is 2.48 bits per heavy atom. The van der Waals surface area contributed by atoms with Crippen LogP contribution in [0.4, 0.5) is 11.8 Å². The maximum Gasteiger partial charge on any atom is 0.321 e. The molecule has 0 radical (unpaired) electrons. The maximum atomic E-state index is 9.12. The summed E-state index contributed by atoms with van der Waals surface area (Å²) >= 11 is 0. The van der Waals surface area contributed by atoms with Crippen LogP contribution in [0.2, 0.25) is 0 Å². The van der Waals surface area contributed by atoms with Crippen LogP contribution in [0.15, 0.2) is 12.3 Å². The first-order chi connectivity index (χ1) is 13.0. The molecule has 2 atom stereocenters. The van der Waals surface area contributed by atoms with E-state index in [9.17, 15) is 0 Å². The minimum absolute atomic E-state index is 0.0466. The zero-order chi connectivity index (χ0) is 19.4. The summed E-state index contributed by atoms with van der Waals surface area (Å²) in [5, 5.41) is 9.12. The number of methoxy groups -OCH3 is 1. The summed E-state index contributed by atoms with van der Waals surface area (Å²) in [6, 6.07) is 2.63. The predicted molar refractivity (Wildman–Crippen MR) is 102 cm³/mol. The lowest BCUT2D eigenvalue weighted by molar-refractivity contribution is 0.296. The Labute approximate surface area is 159 Å². The first-order valence-electron chi connectivity index (χ1n) is 9.30. The normalized spacial score (nSPS) is 20.0. The molecule has 9 nitrogen and oxygen atoms in total. The van der Waals surface area contributed by atoms with E-state index in [1.165, 1.54) is 0 Å². The van der Waals surface area contributed by atoms with E-state index in [4.69, 9.17) is 9.84 Å². The molecule has 0 unspecified atom stereocenters. The molecule has 27 heavy (non-hydrogen) atoms. The first kappa shape index (κ1) is 19.2. The molecule has 1 aliphatic rings. The number of nitrogens with zero attached hydrogens (tertiary/aromatic N) is 7. The summed E-state index contributed by atoms with van der Waals surface area (Å²) in [6.07, 6.45) is 2.94. The topological polar surface area (TPSA) is 100 Å². The van der Waals surface area contributed by atoms with Gasteiger partial charge in [0.15, 0.2) is 0 Å². The van der Waals surface area contributed by atoms with Crippen molar-refractivity contribution in [2.45, 2.75) is 45.7 Å². The minimum Gasteiger partial charge on any atom is -0.467 e. The average molecular weight is 373 g/mol. The van der Waals surface area contributed by atoms with Crippen LogP contribution in [0, 0.1) is 0 Å². The first-order valence-corrected chi connectivity index (χ1v) is 9.30. The summed E-state index contributed by atoms with van der Waals surface area (Å²) in [7, 11) is 1.57. The molecule has 0 aliphatic carbocycles. The average Bonchev–Trinajstić information content (AvgIpc) is 2.67. The van der Waals surface area contributed by atoms with E-state index >= 15 is 0 Å². The van der Waals surface area contributed by atoms with Gasteiger partial charge in [0.2, 0.25) is 5.95 Å². The molecule has 9 heteroatoms. The van der Waals surface area contributed by atoms with Crippen LogP contribution >= 0.6 is 0 Å². The molecule has 1 aliphatic heterocycles. The van der Waals surface area contributed by atoms with Crippen LogP contribution in [0.25, 0.3) is 0 Å². The standard InChI is InChI=1S/C18H27N7O2/c1-5-14-21-17(23-18(22-14)27-4)25-12(2)10-24(11-13(25)3)16-6-8-19-15(20-16)7-9-26/h6,8,12-13,26H,5,7,9-11H2,1-4H3/t12-,13+. The Morgan fingerprint density at radius 2 is 1.85 bits per heavy atom. The number of hydrogen-bond acceptors (Lipinski definition) is 9. The SMILES string of the molecule is CCc1nc(OC)nc(N2[C@H](C)CN(c3ccnc(CCO)n3)C[C@@H]2C)n1. The fourth-order valence-corrected chi connectivity index (χ4v) is 3.44. The Balaban J connectivity index is 1.82. The van der Waals surface area contributed by atoms with Crippen molar-refractivity contribution >= 4 is 11.8 Å². The zero-order valence-corrected chi connectivity index (χ0v) is 16.3. The Morgan fingerprint density at radius 1 is 1.11 bits per heavy atom.